The fourth-order valence-electron chi connectivity index (χ4n) is 3.54. The fraction of sp³-hybridized carbons (Fsp3) is 0.381. The number of nitrogens with zero attached hydrogens (tertiary/aromatic N) is 2. The average Bonchev–Trinajstić information content (AvgIpc) is 3.13. The van der Waals surface area contributed by atoms with Gasteiger partial charge in [-0.05, 0) is 37.0 Å². The minimum Gasteiger partial charge on any atom is -0.485 e. The van der Waals surface area contributed by atoms with Crippen molar-refractivity contribution >= 4 is 34.1 Å². The summed E-state index contributed by atoms with van der Waals surface area (Å²) >= 11 is 12.4. The third kappa shape index (κ3) is 4.08. The van der Waals surface area contributed by atoms with Crippen LogP contribution in [-0.2, 0) is 4.74 Å². The molecule has 4 nitrogen and oxygen atoms in total. The third-order valence-electron chi connectivity index (χ3n) is 4.88. The Morgan fingerprint density at radius 3 is 2.81 bits per heavy atom. The van der Waals surface area contributed by atoms with Crippen LogP contribution in [0.3, 0.4) is 0 Å². The van der Waals surface area contributed by atoms with Crippen LogP contribution in [0.25, 0.3) is 10.9 Å². The molecule has 2 aromatic carbocycles. The van der Waals surface area contributed by atoms with Gasteiger partial charge >= 0.3 is 0 Å². The van der Waals surface area contributed by atoms with Crippen molar-refractivity contribution in [2.75, 3.05) is 12.5 Å². The molecule has 3 aromatic rings. The standard InChI is InChI=1S/C21H22Cl2N2O2/c22-10-9-19(15-6-2-1-3-7-15)27-20-13-16(23)12-18-17(20)14-24-25(18)21-8-4-5-11-26-21/h1-3,6-7,12-14,19,21H,4-5,8-11H2. The van der Waals surface area contributed by atoms with Crippen LogP contribution in [0.5, 0.6) is 5.75 Å². The van der Waals surface area contributed by atoms with E-state index < -0.39 is 0 Å². The summed E-state index contributed by atoms with van der Waals surface area (Å²) in [5, 5.41) is 6.13. The van der Waals surface area contributed by atoms with E-state index in [1.807, 2.05) is 41.2 Å². The molecule has 1 aliphatic heterocycles. The second kappa shape index (κ2) is 8.51. The van der Waals surface area contributed by atoms with Gasteiger partial charge in [-0.1, -0.05) is 41.9 Å². The molecule has 4 rings (SSSR count). The Labute approximate surface area is 169 Å². The molecule has 0 aliphatic carbocycles. The summed E-state index contributed by atoms with van der Waals surface area (Å²) in [6.07, 6.45) is 5.55. The Morgan fingerprint density at radius 1 is 1.22 bits per heavy atom. The summed E-state index contributed by atoms with van der Waals surface area (Å²) in [6.45, 7) is 0.766. The van der Waals surface area contributed by atoms with Gasteiger partial charge in [-0.15, -0.1) is 11.6 Å². The first kappa shape index (κ1) is 18.6. The lowest BCUT2D eigenvalue weighted by Crippen LogP contribution is -2.18. The van der Waals surface area contributed by atoms with Gasteiger partial charge in [0.1, 0.15) is 11.9 Å². The first-order valence-corrected chi connectivity index (χ1v) is 10.2. The number of hydrogen-bond donors (Lipinski definition) is 0. The Balaban J connectivity index is 1.69. The number of rotatable bonds is 6. The molecule has 0 radical (unpaired) electrons. The highest BCUT2D eigenvalue weighted by molar-refractivity contribution is 6.31. The largest absolute Gasteiger partial charge is 0.485 e. The lowest BCUT2D eigenvalue weighted by molar-refractivity contribution is -0.0366. The van der Waals surface area contributed by atoms with Crippen LogP contribution >= 0.6 is 23.2 Å². The second-order valence-corrected chi connectivity index (χ2v) is 7.56. The number of halogens is 2. The van der Waals surface area contributed by atoms with Crippen molar-refractivity contribution in [2.24, 2.45) is 0 Å². The van der Waals surface area contributed by atoms with E-state index >= 15 is 0 Å². The predicted octanol–water partition coefficient (Wildman–Crippen LogP) is 6.14. The Morgan fingerprint density at radius 2 is 2.07 bits per heavy atom. The number of fused-ring (bicyclic) bond motifs is 1. The number of aromatic nitrogens is 2. The molecule has 0 spiro atoms. The average molecular weight is 405 g/mol. The Kier molecular flexibility index (Phi) is 5.86. The molecular formula is C21H22Cl2N2O2. The number of hydrogen-bond acceptors (Lipinski definition) is 3. The van der Waals surface area contributed by atoms with Crippen LogP contribution in [0.15, 0.2) is 48.7 Å². The van der Waals surface area contributed by atoms with E-state index in [1.165, 1.54) is 0 Å². The molecule has 6 heteroatoms. The molecule has 1 aliphatic rings. The molecule has 1 saturated heterocycles. The molecule has 27 heavy (non-hydrogen) atoms. The first-order valence-electron chi connectivity index (χ1n) is 9.32. The van der Waals surface area contributed by atoms with Gasteiger partial charge in [0.15, 0.2) is 6.23 Å². The summed E-state index contributed by atoms with van der Waals surface area (Å²) in [5.41, 5.74) is 2.02. The smallest absolute Gasteiger partial charge is 0.150 e. The summed E-state index contributed by atoms with van der Waals surface area (Å²) in [5.74, 6) is 1.23. The van der Waals surface area contributed by atoms with Crippen molar-refractivity contribution in [2.45, 2.75) is 38.0 Å². The molecule has 1 fully saturated rings. The SMILES string of the molecule is ClCCC(Oc1cc(Cl)cc2c1cnn2C1CCCCO1)c1ccccc1. The molecule has 0 amide bonds. The topological polar surface area (TPSA) is 36.3 Å². The van der Waals surface area contributed by atoms with Crippen molar-refractivity contribution in [3.05, 3.63) is 59.2 Å². The van der Waals surface area contributed by atoms with Crippen LogP contribution in [0.1, 0.15) is 43.6 Å². The maximum Gasteiger partial charge on any atom is 0.150 e. The molecule has 0 saturated carbocycles. The van der Waals surface area contributed by atoms with Crippen LogP contribution in [-0.4, -0.2) is 22.3 Å². The van der Waals surface area contributed by atoms with Crippen molar-refractivity contribution < 1.29 is 9.47 Å². The van der Waals surface area contributed by atoms with Crippen molar-refractivity contribution in [1.29, 1.82) is 0 Å². The first-order chi connectivity index (χ1) is 13.3. The van der Waals surface area contributed by atoms with Crippen LogP contribution in [0, 0.1) is 0 Å². The number of alkyl halides is 1. The van der Waals surface area contributed by atoms with E-state index in [4.69, 9.17) is 32.7 Å². The van der Waals surface area contributed by atoms with Crippen molar-refractivity contribution in [1.82, 2.24) is 9.78 Å². The highest BCUT2D eigenvalue weighted by Crippen LogP contribution is 2.36. The highest BCUT2D eigenvalue weighted by Gasteiger charge is 2.21. The second-order valence-electron chi connectivity index (χ2n) is 6.74. The minimum atomic E-state index is -0.139. The van der Waals surface area contributed by atoms with E-state index in [0.29, 0.717) is 17.3 Å². The summed E-state index contributed by atoms with van der Waals surface area (Å²) in [7, 11) is 0. The molecule has 2 atom stereocenters. The molecule has 2 heterocycles. The molecule has 0 N–H and O–H groups in total. The zero-order valence-electron chi connectivity index (χ0n) is 15.0. The molecule has 1 aromatic heterocycles. The lowest BCUT2D eigenvalue weighted by Gasteiger charge is -2.24. The van der Waals surface area contributed by atoms with Crippen molar-refractivity contribution in [3.8, 4) is 5.75 Å². The van der Waals surface area contributed by atoms with E-state index in [0.717, 1.165) is 48.1 Å². The highest BCUT2D eigenvalue weighted by atomic mass is 35.5. The van der Waals surface area contributed by atoms with Gasteiger partial charge in [-0.2, -0.15) is 5.10 Å². The van der Waals surface area contributed by atoms with Crippen LogP contribution < -0.4 is 4.74 Å². The molecule has 142 valence electrons. The molecule has 2 unspecified atom stereocenters. The maximum absolute atomic E-state index is 6.41. The van der Waals surface area contributed by atoms with E-state index in [9.17, 15) is 0 Å². The van der Waals surface area contributed by atoms with Gasteiger partial charge < -0.3 is 9.47 Å². The summed E-state index contributed by atoms with van der Waals surface area (Å²) < 4.78 is 14.2. The van der Waals surface area contributed by atoms with E-state index in [2.05, 4.69) is 17.2 Å². The van der Waals surface area contributed by atoms with Crippen molar-refractivity contribution in [3.63, 3.8) is 0 Å². The van der Waals surface area contributed by atoms with Gasteiger partial charge in [-0.25, -0.2) is 4.68 Å². The zero-order chi connectivity index (χ0) is 18.6. The van der Waals surface area contributed by atoms with Crippen LogP contribution in [0.4, 0.5) is 0 Å². The maximum atomic E-state index is 6.41. The van der Waals surface area contributed by atoms with Gasteiger partial charge in [-0.3, -0.25) is 0 Å². The molecular weight excluding hydrogens is 383 g/mol. The van der Waals surface area contributed by atoms with Crippen LogP contribution in [0.2, 0.25) is 5.02 Å². The zero-order valence-corrected chi connectivity index (χ0v) is 16.5. The summed E-state index contributed by atoms with van der Waals surface area (Å²) in [6, 6.07) is 13.9. The monoisotopic (exact) mass is 404 g/mol. The minimum absolute atomic E-state index is 0.0460. The number of ether oxygens (including phenoxy) is 2. The predicted molar refractivity (Wildman–Crippen MR) is 109 cm³/mol. The quantitative estimate of drug-likeness (QED) is 0.463. The normalized spacial score (nSPS) is 18.5. The fourth-order valence-corrected chi connectivity index (χ4v) is 3.94. The lowest BCUT2D eigenvalue weighted by atomic mass is 10.1. The van der Waals surface area contributed by atoms with Gasteiger partial charge in [0.05, 0.1) is 17.1 Å². The Hall–Kier alpha value is -1.75. The van der Waals surface area contributed by atoms with Gasteiger partial charge in [0, 0.05) is 23.9 Å². The van der Waals surface area contributed by atoms with Gasteiger partial charge in [0.2, 0.25) is 0 Å². The third-order valence-corrected chi connectivity index (χ3v) is 5.32. The molecule has 0 bridgehead atoms. The van der Waals surface area contributed by atoms with E-state index in [-0.39, 0.29) is 12.3 Å². The number of benzene rings is 2. The summed E-state index contributed by atoms with van der Waals surface area (Å²) in [4.78, 5) is 0. The van der Waals surface area contributed by atoms with E-state index in [1.54, 1.807) is 0 Å². The van der Waals surface area contributed by atoms with Gasteiger partial charge in [0.25, 0.3) is 0 Å². The Bertz CT molecular complexity index is 892.